The molecule has 29 heavy (non-hydrogen) atoms. The van der Waals surface area contributed by atoms with E-state index in [9.17, 15) is 13.2 Å². The van der Waals surface area contributed by atoms with E-state index >= 15 is 0 Å². The highest BCUT2D eigenvalue weighted by atomic mass is 32.2. The van der Waals surface area contributed by atoms with E-state index in [1.54, 1.807) is 35.6 Å². The molecule has 2 heterocycles. The number of carbonyl (C=O) groups is 1. The minimum absolute atomic E-state index is 0.0514. The van der Waals surface area contributed by atoms with Gasteiger partial charge in [-0.15, -0.1) is 0 Å². The fourth-order valence-corrected chi connectivity index (χ4v) is 4.92. The number of amides is 1. The van der Waals surface area contributed by atoms with Crippen LogP contribution in [0.5, 0.6) is 5.19 Å². The third-order valence-corrected chi connectivity index (χ3v) is 7.10. The van der Waals surface area contributed by atoms with E-state index in [4.69, 9.17) is 4.74 Å². The highest BCUT2D eigenvalue weighted by molar-refractivity contribution is 7.90. The molecule has 0 aliphatic carbocycles. The number of sulfone groups is 1. The van der Waals surface area contributed by atoms with E-state index in [-0.39, 0.29) is 23.3 Å². The average Bonchev–Trinajstić information content (AvgIpc) is 3.10. The van der Waals surface area contributed by atoms with E-state index in [0.717, 1.165) is 28.6 Å². The van der Waals surface area contributed by atoms with Crippen molar-refractivity contribution in [1.82, 2.24) is 9.88 Å². The number of benzene rings is 2. The monoisotopic (exact) mass is 430 g/mol. The van der Waals surface area contributed by atoms with Gasteiger partial charge in [-0.2, -0.15) is 0 Å². The molecule has 1 saturated heterocycles. The number of thiazole rings is 1. The maximum Gasteiger partial charge on any atom is 0.274 e. The largest absolute Gasteiger partial charge is 0.467 e. The number of likely N-dealkylation sites (tertiary alicyclic amines) is 1. The number of hydrogen-bond donors (Lipinski definition) is 0. The molecule has 0 saturated carbocycles. The van der Waals surface area contributed by atoms with Crippen LogP contribution in [0.3, 0.4) is 0 Å². The fraction of sp³-hybridized carbons (Fsp3) is 0.333. The van der Waals surface area contributed by atoms with Gasteiger partial charge in [0.25, 0.3) is 5.19 Å². The number of aromatic nitrogens is 1. The summed E-state index contributed by atoms with van der Waals surface area (Å²) in [5, 5.41) is 0.682. The minimum atomic E-state index is -3.22. The van der Waals surface area contributed by atoms with Crippen molar-refractivity contribution in [3.05, 3.63) is 54.1 Å². The lowest BCUT2D eigenvalue weighted by Crippen LogP contribution is -2.42. The summed E-state index contributed by atoms with van der Waals surface area (Å²) in [6, 6.07) is 14.5. The van der Waals surface area contributed by atoms with Gasteiger partial charge in [-0.25, -0.2) is 13.4 Å². The highest BCUT2D eigenvalue weighted by Crippen LogP contribution is 2.29. The average molecular weight is 431 g/mol. The van der Waals surface area contributed by atoms with Gasteiger partial charge in [0.05, 0.1) is 21.5 Å². The molecular formula is C21H22N2O4S2. The highest BCUT2D eigenvalue weighted by Gasteiger charge is 2.25. The zero-order valence-electron chi connectivity index (χ0n) is 16.1. The van der Waals surface area contributed by atoms with Gasteiger partial charge < -0.3 is 9.64 Å². The standard InChI is InChI=1S/C21H22N2O4S2/c1-29(25,26)17-8-6-15(7-9-17)14-20(24)23-12-10-16(11-13-23)27-21-22-18-4-2-3-5-19(18)28-21/h2-9,16H,10-14H2,1H3. The Morgan fingerprint density at radius 2 is 1.83 bits per heavy atom. The number of nitrogens with zero attached hydrogens (tertiary/aromatic N) is 2. The second-order valence-corrected chi connectivity index (χ2v) is 10.2. The van der Waals surface area contributed by atoms with Gasteiger partial charge in [-0.1, -0.05) is 35.6 Å². The van der Waals surface area contributed by atoms with Gasteiger partial charge in [0.15, 0.2) is 9.84 Å². The molecule has 8 heteroatoms. The number of ether oxygens (including phenoxy) is 1. The van der Waals surface area contributed by atoms with Crippen molar-refractivity contribution < 1.29 is 17.9 Å². The second kappa shape index (κ2) is 8.12. The van der Waals surface area contributed by atoms with Gasteiger partial charge >= 0.3 is 0 Å². The Morgan fingerprint density at radius 1 is 1.14 bits per heavy atom. The quantitative estimate of drug-likeness (QED) is 0.621. The molecule has 1 aliphatic rings. The molecule has 0 N–H and O–H groups in total. The molecule has 152 valence electrons. The van der Waals surface area contributed by atoms with Crippen LogP contribution in [0.15, 0.2) is 53.4 Å². The van der Waals surface area contributed by atoms with Crippen LogP contribution in [-0.2, 0) is 21.1 Å². The Morgan fingerprint density at radius 3 is 2.48 bits per heavy atom. The summed E-state index contributed by atoms with van der Waals surface area (Å²) in [6.07, 6.45) is 3.05. The van der Waals surface area contributed by atoms with Crippen LogP contribution in [0, 0.1) is 0 Å². The first kappa shape index (κ1) is 19.8. The van der Waals surface area contributed by atoms with Crippen LogP contribution in [0.25, 0.3) is 10.2 Å². The van der Waals surface area contributed by atoms with Gasteiger partial charge in [0, 0.05) is 32.2 Å². The first-order valence-corrected chi connectivity index (χ1v) is 12.2. The maximum absolute atomic E-state index is 12.6. The van der Waals surface area contributed by atoms with Gasteiger partial charge in [0.1, 0.15) is 6.10 Å². The molecule has 3 aromatic rings. The van der Waals surface area contributed by atoms with Crippen LogP contribution in [0.4, 0.5) is 0 Å². The summed E-state index contributed by atoms with van der Waals surface area (Å²) in [5.41, 5.74) is 1.76. The second-order valence-electron chi connectivity index (χ2n) is 7.24. The molecule has 1 fully saturated rings. The molecule has 0 spiro atoms. The number of para-hydroxylation sites is 1. The van der Waals surface area contributed by atoms with Crippen LogP contribution < -0.4 is 4.74 Å². The zero-order chi connectivity index (χ0) is 20.4. The SMILES string of the molecule is CS(=O)(=O)c1ccc(CC(=O)N2CCC(Oc3nc4ccccc4s3)CC2)cc1. The molecule has 1 aliphatic heterocycles. The lowest BCUT2D eigenvalue weighted by molar-refractivity contribution is -0.132. The molecule has 1 amide bonds. The van der Waals surface area contributed by atoms with Crippen molar-refractivity contribution in [3.63, 3.8) is 0 Å². The van der Waals surface area contributed by atoms with Crippen molar-refractivity contribution in [2.75, 3.05) is 19.3 Å². The third-order valence-electron chi connectivity index (χ3n) is 5.04. The number of piperidine rings is 1. The molecule has 0 radical (unpaired) electrons. The van der Waals surface area contributed by atoms with Crippen molar-refractivity contribution in [3.8, 4) is 5.19 Å². The Bertz CT molecular complexity index is 1080. The predicted octanol–water partition coefficient (Wildman–Crippen LogP) is 3.31. The van der Waals surface area contributed by atoms with Crippen LogP contribution in [0.2, 0.25) is 0 Å². The number of carbonyl (C=O) groups excluding carboxylic acids is 1. The van der Waals surface area contributed by atoms with Gasteiger partial charge in [-0.3, -0.25) is 4.79 Å². The summed E-state index contributed by atoms with van der Waals surface area (Å²) in [4.78, 5) is 19.2. The molecule has 2 aromatic carbocycles. The number of fused-ring (bicyclic) bond motifs is 1. The van der Waals surface area contributed by atoms with E-state index < -0.39 is 9.84 Å². The third kappa shape index (κ3) is 4.76. The lowest BCUT2D eigenvalue weighted by atomic mass is 10.1. The summed E-state index contributed by atoms with van der Waals surface area (Å²) in [6.45, 7) is 1.30. The Kier molecular flexibility index (Phi) is 5.56. The van der Waals surface area contributed by atoms with E-state index in [0.29, 0.717) is 18.3 Å². The first-order chi connectivity index (χ1) is 13.9. The van der Waals surface area contributed by atoms with Crippen molar-refractivity contribution in [1.29, 1.82) is 0 Å². The minimum Gasteiger partial charge on any atom is -0.467 e. The van der Waals surface area contributed by atoms with Crippen LogP contribution in [0.1, 0.15) is 18.4 Å². The summed E-state index contributed by atoms with van der Waals surface area (Å²) in [7, 11) is -3.22. The smallest absolute Gasteiger partial charge is 0.274 e. The van der Waals surface area contributed by atoms with E-state index in [1.165, 1.54) is 6.26 Å². The van der Waals surface area contributed by atoms with Crippen molar-refractivity contribution in [2.45, 2.75) is 30.3 Å². The lowest BCUT2D eigenvalue weighted by Gasteiger charge is -2.31. The van der Waals surface area contributed by atoms with Crippen LogP contribution >= 0.6 is 11.3 Å². The molecule has 0 bridgehead atoms. The molecule has 0 unspecified atom stereocenters. The fourth-order valence-electron chi connectivity index (χ4n) is 3.41. The Balaban J connectivity index is 1.30. The summed E-state index contributed by atoms with van der Waals surface area (Å²) in [5.74, 6) is 0.0514. The number of hydrogen-bond acceptors (Lipinski definition) is 6. The van der Waals surface area contributed by atoms with E-state index in [2.05, 4.69) is 4.98 Å². The molecule has 0 atom stereocenters. The van der Waals surface area contributed by atoms with Gasteiger partial charge in [0.2, 0.25) is 5.91 Å². The number of rotatable bonds is 5. The molecule has 6 nitrogen and oxygen atoms in total. The maximum atomic E-state index is 12.6. The Hall–Kier alpha value is -2.45. The molecular weight excluding hydrogens is 408 g/mol. The molecule has 4 rings (SSSR count). The van der Waals surface area contributed by atoms with Gasteiger partial charge in [-0.05, 0) is 29.8 Å². The zero-order valence-corrected chi connectivity index (χ0v) is 17.7. The first-order valence-electron chi connectivity index (χ1n) is 9.47. The topological polar surface area (TPSA) is 76.6 Å². The Labute approximate surface area is 174 Å². The summed E-state index contributed by atoms with van der Waals surface area (Å²) >= 11 is 1.55. The summed E-state index contributed by atoms with van der Waals surface area (Å²) < 4.78 is 30.2. The predicted molar refractivity (Wildman–Crippen MR) is 113 cm³/mol. The van der Waals surface area contributed by atoms with Crippen LogP contribution in [-0.4, -0.2) is 49.7 Å². The normalized spacial score (nSPS) is 15.6. The molecule has 1 aromatic heterocycles. The van der Waals surface area contributed by atoms with Crippen molar-refractivity contribution >= 4 is 37.3 Å². The van der Waals surface area contributed by atoms with Crippen molar-refractivity contribution in [2.24, 2.45) is 0 Å². The van der Waals surface area contributed by atoms with E-state index in [1.807, 2.05) is 29.2 Å².